The van der Waals surface area contributed by atoms with Gasteiger partial charge in [-0.3, -0.25) is 4.79 Å². The van der Waals surface area contributed by atoms with Crippen molar-refractivity contribution in [3.63, 3.8) is 0 Å². The highest BCUT2D eigenvalue weighted by Gasteiger charge is 2.27. The average Bonchev–Trinajstić information content (AvgIpc) is 3.14. The number of rotatable bonds is 5. The molecule has 0 spiro atoms. The number of imidazole rings is 1. The van der Waals surface area contributed by atoms with Crippen molar-refractivity contribution in [2.45, 2.75) is 33.2 Å². The van der Waals surface area contributed by atoms with Crippen LogP contribution in [0.2, 0.25) is 0 Å². The smallest absolute Gasteiger partial charge is 0.257 e. The van der Waals surface area contributed by atoms with E-state index in [1.807, 2.05) is 17.3 Å². The number of methoxy groups -OCH3 is 2. The molecule has 0 N–H and O–H groups in total. The molecule has 1 aromatic heterocycles. The van der Waals surface area contributed by atoms with E-state index in [2.05, 4.69) is 35.5 Å². The summed E-state index contributed by atoms with van der Waals surface area (Å²) in [6, 6.07) is 9.82. The van der Waals surface area contributed by atoms with Gasteiger partial charge in [0.25, 0.3) is 5.91 Å². The zero-order valence-electron chi connectivity index (χ0n) is 18.1. The van der Waals surface area contributed by atoms with Crippen molar-refractivity contribution in [3.8, 4) is 11.5 Å². The summed E-state index contributed by atoms with van der Waals surface area (Å²) in [5.41, 5.74) is 5.36. The van der Waals surface area contributed by atoms with Crippen LogP contribution in [0.15, 0.2) is 36.7 Å². The first-order valence-electron chi connectivity index (χ1n) is 10.4. The fraction of sp³-hybridized carbons (Fsp3) is 0.417. The van der Waals surface area contributed by atoms with Gasteiger partial charge in [-0.05, 0) is 68.0 Å². The zero-order chi connectivity index (χ0) is 21.3. The van der Waals surface area contributed by atoms with Crippen molar-refractivity contribution >= 4 is 16.9 Å². The third-order valence-electron chi connectivity index (χ3n) is 6.23. The quantitative estimate of drug-likeness (QED) is 0.635. The van der Waals surface area contributed by atoms with Gasteiger partial charge in [0.1, 0.15) is 0 Å². The van der Waals surface area contributed by atoms with E-state index in [1.54, 1.807) is 26.4 Å². The molecule has 3 aromatic rings. The van der Waals surface area contributed by atoms with Gasteiger partial charge in [0, 0.05) is 19.6 Å². The van der Waals surface area contributed by atoms with Crippen molar-refractivity contribution in [1.82, 2.24) is 14.5 Å². The number of amides is 1. The summed E-state index contributed by atoms with van der Waals surface area (Å²) in [6.45, 7) is 6.69. The Bertz CT molecular complexity index is 1060. The SMILES string of the molecule is COc1cccc(C(=O)N2CCC(Cn3cnc4cc(C)c(C)cc43)CC2)c1OC. The summed E-state index contributed by atoms with van der Waals surface area (Å²) in [5, 5.41) is 0. The minimum absolute atomic E-state index is 0.00313. The van der Waals surface area contributed by atoms with E-state index in [9.17, 15) is 4.79 Å². The van der Waals surface area contributed by atoms with E-state index >= 15 is 0 Å². The molecule has 158 valence electrons. The largest absolute Gasteiger partial charge is 0.493 e. The van der Waals surface area contributed by atoms with Crippen LogP contribution in [-0.4, -0.2) is 47.7 Å². The Balaban J connectivity index is 1.43. The number of aryl methyl sites for hydroxylation is 2. The van der Waals surface area contributed by atoms with Crippen molar-refractivity contribution in [3.05, 3.63) is 53.3 Å². The van der Waals surface area contributed by atoms with Gasteiger partial charge in [-0.15, -0.1) is 0 Å². The Morgan fingerprint density at radius 2 is 1.83 bits per heavy atom. The second-order valence-electron chi connectivity index (χ2n) is 8.10. The lowest BCUT2D eigenvalue weighted by Gasteiger charge is -2.32. The van der Waals surface area contributed by atoms with Gasteiger partial charge in [-0.1, -0.05) is 6.07 Å². The first kappa shape index (κ1) is 20.3. The molecule has 1 saturated heterocycles. The lowest BCUT2D eigenvalue weighted by molar-refractivity contribution is 0.0679. The lowest BCUT2D eigenvalue weighted by atomic mass is 9.96. The molecule has 6 heteroatoms. The maximum atomic E-state index is 13.1. The number of carbonyl (C=O) groups excluding carboxylic acids is 1. The lowest BCUT2D eigenvalue weighted by Crippen LogP contribution is -2.39. The molecule has 0 aliphatic carbocycles. The second-order valence-corrected chi connectivity index (χ2v) is 8.10. The van der Waals surface area contributed by atoms with Gasteiger partial charge >= 0.3 is 0 Å². The molecular formula is C24H29N3O3. The predicted octanol–water partition coefficient (Wildman–Crippen LogP) is 4.22. The predicted molar refractivity (Wildman–Crippen MR) is 117 cm³/mol. The number of aromatic nitrogens is 2. The molecule has 1 aliphatic rings. The Hall–Kier alpha value is -3.02. The molecule has 0 bridgehead atoms. The number of benzene rings is 2. The molecule has 0 unspecified atom stereocenters. The van der Waals surface area contributed by atoms with Crippen LogP contribution in [0.1, 0.15) is 34.3 Å². The van der Waals surface area contributed by atoms with Crippen molar-refractivity contribution in [1.29, 1.82) is 0 Å². The third-order valence-corrected chi connectivity index (χ3v) is 6.23. The maximum absolute atomic E-state index is 13.1. The number of piperidine rings is 1. The minimum atomic E-state index is 0.00313. The van der Waals surface area contributed by atoms with E-state index in [4.69, 9.17) is 9.47 Å². The minimum Gasteiger partial charge on any atom is -0.493 e. The summed E-state index contributed by atoms with van der Waals surface area (Å²) in [5.74, 6) is 1.61. The third kappa shape index (κ3) is 3.74. The first-order chi connectivity index (χ1) is 14.5. The van der Waals surface area contributed by atoms with Gasteiger partial charge in [0.2, 0.25) is 0 Å². The van der Waals surface area contributed by atoms with Gasteiger partial charge in [0.05, 0.1) is 37.1 Å². The highest BCUT2D eigenvalue weighted by molar-refractivity contribution is 5.97. The first-order valence-corrected chi connectivity index (χ1v) is 10.4. The van der Waals surface area contributed by atoms with Gasteiger partial charge in [0.15, 0.2) is 11.5 Å². The van der Waals surface area contributed by atoms with Crippen LogP contribution >= 0.6 is 0 Å². The van der Waals surface area contributed by atoms with Crippen molar-refractivity contribution in [2.24, 2.45) is 5.92 Å². The van der Waals surface area contributed by atoms with Crippen LogP contribution in [0.3, 0.4) is 0 Å². The number of hydrogen-bond acceptors (Lipinski definition) is 4. The Morgan fingerprint density at radius 1 is 1.10 bits per heavy atom. The average molecular weight is 408 g/mol. The molecule has 1 fully saturated rings. The van der Waals surface area contributed by atoms with E-state index < -0.39 is 0 Å². The van der Waals surface area contributed by atoms with Crippen LogP contribution in [-0.2, 0) is 6.54 Å². The van der Waals surface area contributed by atoms with E-state index in [0.29, 0.717) is 23.0 Å². The number of nitrogens with zero attached hydrogens (tertiary/aromatic N) is 3. The fourth-order valence-corrected chi connectivity index (χ4v) is 4.28. The van der Waals surface area contributed by atoms with Crippen LogP contribution in [0.5, 0.6) is 11.5 Å². The summed E-state index contributed by atoms with van der Waals surface area (Å²) >= 11 is 0. The molecule has 2 aromatic carbocycles. The number of likely N-dealkylation sites (tertiary alicyclic amines) is 1. The maximum Gasteiger partial charge on any atom is 0.257 e. The van der Waals surface area contributed by atoms with E-state index in [0.717, 1.165) is 38.0 Å². The highest BCUT2D eigenvalue weighted by atomic mass is 16.5. The number of hydrogen-bond donors (Lipinski definition) is 0. The highest BCUT2D eigenvalue weighted by Crippen LogP contribution is 2.32. The van der Waals surface area contributed by atoms with E-state index in [-0.39, 0.29) is 5.91 Å². The monoisotopic (exact) mass is 407 g/mol. The van der Waals surface area contributed by atoms with Crippen LogP contribution in [0, 0.1) is 19.8 Å². The number of carbonyl (C=O) groups is 1. The summed E-state index contributed by atoms with van der Waals surface area (Å²) < 4.78 is 13.0. The Labute approximate surface area is 177 Å². The molecule has 4 rings (SSSR count). The Kier molecular flexibility index (Phi) is 5.66. The van der Waals surface area contributed by atoms with E-state index in [1.165, 1.54) is 16.6 Å². The molecular weight excluding hydrogens is 378 g/mol. The molecule has 0 saturated carbocycles. The van der Waals surface area contributed by atoms with Gasteiger partial charge < -0.3 is 18.9 Å². The van der Waals surface area contributed by atoms with Crippen LogP contribution in [0.25, 0.3) is 11.0 Å². The number of ether oxygens (including phenoxy) is 2. The molecule has 30 heavy (non-hydrogen) atoms. The second kappa shape index (κ2) is 8.38. The normalized spacial score (nSPS) is 14.9. The molecule has 2 heterocycles. The number of para-hydroxylation sites is 1. The zero-order valence-corrected chi connectivity index (χ0v) is 18.1. The van der Waals surface area contributed by atoms with Crippen LogP contribution in [0.4, 0.5) is 0 Å². The van der Waals surface area contributed by atoms with Crippen molar-refractivity contribution in [2.75, 3.05) is 27.3 Å². The molecule has 0 atom stereocenters. The topological polar surface area (TPSA) is 56.6 Å². The summed E-state index contributed by atoms with van der Waals surface area (Å²) in [4.78, 5) is 19.6. The van der Waals surface area contributed by atoms with Gasteiger partial charge in [-0.25, -0.2) is 4.98 Å². The van der Waals surface area contributed by atoms with Crippen LogP contribution < -0.4 is 9.47 Å². The molecule has 6 nitrogen and oxygen atoms in total. The molecule has 0 radical (unpaired) electrons. The fourth-order valence-electron chi connectivity index (χ4n) is 4.28. The van der Waals surface area contributed by atoms with Crippen molar-refractivity contribution < 1.29 is 14.3 Å². The molecule has 1 aliphatic heterocycles. The molecule has 1 amide bonds. The number of fused-ring (bicyclic) bond motifs is 1. The van der Waals surface area contributed by atoms with Gasteiger partial charge in [-0.2, -0.15) is 0 Å². The standard InChI is InChI=1S/C24H29N3O3/c1-16-12-20-21(13-17(16)2)27(15-25-20)14-18-8-10-26(11-9-18)24(28)19-6-5-7-22(29-3)23(19)30-4/h5-7,12-13,15,18H,8-11,14H2,1-4H3. The Morgan fingerprint density at radius 3 is 2.53 bits per heavy atom. The summed E-state index contributed by atoms with van der Waals surface area (Å²) in [7, 11) is 3.15. The summed E-state index contributed by atoms with van der Waals surface area (Å²) in [6.07, 6.45) is 3.90.